The van der Waals surface area contributed by atoms with Gasteiger partial charge in [-0.3, -0.25) is 34.0 Å². The fourth-order valence-electron chi connectivity index (χ4n) is 5.18. The lowest BCUT2D eigenvalue weighted by atomic mass is 10.1. The molecule has 43 heavy (non-hydrogen) atoms. The van der Waals surface area contributed by atoms with Gasteiger partial charge in [0, 0.05) is 24.5 Å². The van der Waals surface area contributed by atoms with Gasteiger partial charge in [0.15, 0.2) is 0 Å². The molecule has 2 fully saturated rings. The van der Waals surface area contributed by atoms with E-state index in [0.29, 0.717) is 11.8 Å². The summed E-state index contributed by atoms with van der Waals surface area (Å²) >= 11 is 0. The van der Waals surface area contributed by atoms with Crippen LogP contribution in [0.15, 0.2) is 66.9 Å². The topological polar surface area (TPSA) is 147 Å². The van der Waals surface area contributed by atoms with Gasteiger partial charge in [-0.1, -0.05) is 61.5 Å². The van der Waals surface area contributed by atoms with Crippen molar-refractivity contribution in [2.75, 3.05) is 13.1 Å². The Morgan fingerprint density at radius 1 is 1.00 bits per heavy atom. The van der Waals surface area contributed by atoms with E-state index in [-0.39, 0.29) is 44.0 Å². The number of rotatable bonds is 10. The van der Waals surface area contributed by atoms with Crippen LogP contribution in [0, 0.1) is 0 Å². The minimum atomic E-state index is -1.06. The average Bonchev–Trinajstić information content (AvgIpc) is 3.32. The normalized spacial score (nSPS) is 20.6. The van der Waals surface area contributed by atoms with E-state index < -0.39 is 48.6 Å². The molecule has 2 N–H and O–H groups in total. The summed E-state index contributed by atoms with van der Waals surface area (Å²) in [4.78, 5) is 69.6. The van der Waals surface area contributed by atoms with Crippen LogP contribution in [0.1, 0.15) is 48.7 Å². The second-order valence-electron chi connectivity index (χ2n) is 10.4. The van der Waals surface area contributed by atoms with Crippen molar-refractivity contribution < 1.29 is 33.4 Å². The predicted octanol–water partition coefficient (Wildman–Crippen LogP) is 2.08. The van der Waals surface area contributed by atoms with Crippen LogP contribution in [0.4, 0.5) is 0 Å². The van der Waals surface area contributed by atoms with E-state index in [1.807, 2.05) is 49.4 Å². The van der Waals surface area contributed by atoms with Gasteiger partial charge in [-0.05, 0) is 29.9 Å². The van der Waals surface area contributed by atoms with Gasteiger partial charge in [0.2, 0.25) is 18.1 Å². The SMILES string of the molecule is CCCN1C(=O)CC[C@H](NC(=O)c2nccc3ccccc23)C(=O)N1CC(=O)N[C@H]1CC(=O)OC1OCc1ccccc1. The van der Waals surface area contributed by atoms with E-state index in [0.717, 1.165) is 16.0 Å². The molecule has 12 nitrogen and oxygen atoms in total. The maximum absolute atomic E-state index is 13.8. The van der Waals surface area contributed by atoms with E-state index in [4.69, 9.17) is 9.47 Å². The smallest absolute Gasteiger partial charge is 0.310 e. The summed E-state index contributed by atoms with van der Waals surface area (Å²) in [5.41, 5.74) is 1.02. The van der Waals surface area contributed by atoms with Crippen molar-refractivity contribution in [3.8, 4) is 0 Å². The Kier molecular flexibility index (Phi) is 9.26. The van der Waals surface area contributed by atoms with E-state index in [2.05, 4.69) is 15.6 Å². The van der Waals surface area contributed by atoms with Crippen LogP contribution in [-0.2, 0) is 35.3 Å². The van der Waals surface area contributed by atoms with Gasteiger partial charge in [0.05, 0.1) is 13.0 Å². The van der Waals surface area contributed by atoms with Crippen molar-refractivity contribution in [3.63, 3.8) is 0 Å². The molecule has 2 aliphatic rings. The number of carbonyl (C=O) groups is 5. The lowest BCUT2D eigenvalue weighted by molar-refractivity contribution is -0.169. The first-order valence-electron chi connectivity index (χ1n) is 14.2. The first kappa shape index (κ1) is 29.6. The molecular weight excluding hydrogens is 554 g/mol. The monoisotopic (exact) mass is 587 g/mol. The summed E-state index contributed by atoms with van der Waals surface area (Å²) in [6, 6.07) is 16.5. The zero-order chi connectivity index (χ0) is 30.3. The molecule has 2 saturated heterocycles. The molecule has 1 unspecified atom stereocenters. The lowest BCUT2D eigenvalue weighted by Crippen LogP contribution is -2.57. The Morgan fingerprint density at radius 2 is 1.77 bits per heavy atom. The van der Waals surface area contributed by atoms with Gasteiger partial charge in [-0.25, -0.2) is 5.01 Å². The van der Waals surface area contributed by atoms with Gasteiger partial charge >= 0.3 is 5.97 Å². The van der Waals surface area contributed by atoms with Gasteiger partial charge in [0.25, 0.3) is 11.8 Å². The minimum Gasteiger partial charge on any atom is -0.433 e. The summed E-state index contributed by atoms with van der Waals surface area (Å²) in [7, 11) is 0. The number of pyridine rings is 1. The van der Waals surface area contributed by atoms with Crippen molar-refractivity contribution >= 4 is 40.4 Å². The summed E-state index contributed by atoms with van der Waals surface area (Å²) in [6.07, 6.45) is 1.00. The third kappa shape index (κ3) is 6.97. The van der Waals surface area contributed by atoms with E-state index in [1.165, 1.54) is 11.2 Å². The zero-order valence-corrected chi connectivity index (χ0v) is 23.7. The lowest BCUT2D eigenvalue weighted by Gasteiger charge is -2.34. The molecule has 0 radical (unpaired) electrons. The molecule has 4 amide bonds. The zero-order valence-electron chi connectivity index (χ0n) is 23.7. The Labute approximate surface area is 248 Å². The molecule has 0 saturated carbocycles. The first-order chi connectivity index (χ1) is 20.8. The second-order valence-corrected chi connectivity index (χ2v) is 10.4. The molecule has 0 bridgehead atoms. The number of nitrogens with zero attached hydrogens (tertiary/aromatic N) is 3. The van der Waals surface area contributed by atoms with E-state index in [1.54, 1.807) is 18.2 Å². The van der Waals surface area contributed by atoms with Crippen molar-refractivity contribution in [2.45, 2.75) is 57.6 Å². The highest BCUT2D eigenvalue weighted by molar-refractivity contribution is 6.06. The number of carbonyl (C=O) groups excluding carboxylic acids is 5. The van der Waals surface area contributed by atoms with Crippen molar-refractivity contribution in [2.24, 2.45) is 0 Å². The van der Waals surface area contributed by atoms with Crippen LogP contribution in [0.5, 0.6) is 0 Å². The minimum absolute atomic E-state index is 0.00185. The van der Waals surface area contributed by atoms with Crippen LogP contribution >= 0.6 is 0 Å². The summed E-state index contributed by atoms with van der Waals surface area (Å²) in [5.74, 6) is -2.63. The highest BCUT2D eigenvalue weighted by atomic mass is 16.7. The third-order valence-corrected chi connectivity index (χ3v) is 7.27. The number of esters is 1. The maximum Gasteiger partial charge on any atom is 0.310 e. The molecule has 2 aliphatic heterocycles. The molecule has 2 aromatic carbocycles. The Balaban J connectivity index is 1.29. The molecule has 12 heteroatoms. The Morgan fingerprint density at radius 3 is 2.56 bits per heavy atom. The fraction of sp³-hybridized carbons (Fsp3) is 0.355. The second kappa shape index (κ2) is 13.4. The average molecular weight is 588 g/mol. The van der Waals surface area contributed by atoms with Crippen LogP contribution in [0.3, 0.4) is 0 Å². The number of aromatic nitrogens is 1. The van der Waals surface area contributed by atoms with Crippen LogP contribution < -0.4 is 10.6 Å². The Hall–Kier alpha value is -4.84. The number of fused-ring (bicyclic) bond motifs is 1. The summed E-state index contributed by atoms with van der Waals surface area (Å²) in [5, 5.41) is 9.23. The summed E-state index contributed by atoms with van der Waals surface area (Å²) in [6.45, 7) is 1.72. The molecule has 1 aromatic heterocycles. The number of hydrazine groups is 1. The number of benzene rings is 2. The number of hydrogen-bond donors (Lipinski definition) is 2. The number of cyclic esters (lactones) is 1. The van der Waals surface area contributed by atoms with Gasteiger partial charge in [-0.15, -0.1) is 0 Å². The highest BCUT2D eigenvalue weighted by Gasteiger charge is 2.40. The summed E-state index contributed by atoms with van der Waals surface area (Å²) < 4.78 is 11.0. The van der Waals surface area contributed by atoms with Crippen molar-refractivity contribution in [3.05, 3.63) is 78.1 Å². The van der Waals surface area contributed by atoms with Crippen LogP contribution in [-0.4, -0.2) is 76.1 Å². The molecular formula is C31H33N5O7. The number of nitrogens with one attached hydrogen (secondary N) is 2. The molecule has 0 aliphatic carbocycles. The van der Waals surface area contributed by atoms with Crippen LogP contribution in [0.2, 0.25) is 0 Å². The fourth-order valence-corrected chi connectivity index (χ4v) is 5.18. The third-order valence-electron chi connectivity index (χ3n) is 7.27. The van der Waals surface area contributed by atoms with Crippen molar-refractivity contribution in [1.29, 1.82) is 0 Å². The van der Waals surface area contributed by atoms with E-state index >= 15 is 0 Å². The maximum atomic E-state index is 13.8. The quantitative estimate of drug-likeness (QED) is 0.343. The molecule has 3 aromatic rings. The molecule has 3 heterocycles. The standard InChI is InChI=1S/C31H33N5O7/c1-2-16-35-26(38)13-12-23(34-29(40)28-22-11-7-6-10-21(22)14-15-32-28)30(41)36(35)18-25(37)33-24-17-27(39)43-31(24)42-19-20-8-4-3-5-9-20/h3-11,14-15,23-24,31H,2,12-13,16-19H2,1H3,(H,33,37)(H,34,40)/t23-,24-,31?/m0/s1. The number of hydrogen-bond acceptors (Lipinski definition) is 8. The van der Waals surface area contributed by atoms with Gasteiger partial charge in [-0.2, -0.15) is 0 Å². The Bertz CT molecular complexity index is 1510. The van der Waals surface area contributed by atoms with Crippen LogP contribution in [0.25, 0.3) is 10.8 Å². The molecule has 3 atom stereocenters. The highest BCUT2D eigenvalue weighted by Crippen LogP contribution is 2.21. The van der Waals surface area contributed by atoms with E-state index in [9.17, 15) is 24.0 Å². The molecule has 5 rings (SSSR count). The van der Waals surface area contributed by atoms with Gasteiger partial charge < -0.3 is 20.1 Å². The van der Waals surface area contributed by atoms with Gasteiger partial charge in [0.1, 0.15) is 24.3 Å². The molecule has 0 spiro atoms. The number of amides is 4. The largest absolute Gasteiger partial charge is 0.433 e. The predicted molar refractivity (Wildman–Crippen MR) is 154 cm³/mol. The molecule has 224 valence electrons. The van der Waals surface area contributed by atoms with Crippen molar-refractivity contribution in [1.82, 2.24) is 25.6 Å². The first-order valence-corrected chi connectivity index (χ1v) is 14.2. The number of ether oxygens (including phenoxy) is 2.